The Morgan fingerprint density at radius 1 is 1.04 bits per heavy atom. The Balaban J connectivity index is 1.75. The minimum Gasteiger partial charge on any atom is -0.456 e. The molecule has 3 aliphatic heterocycles. The zero-order valence-corrected chi connectivity index (χ0v) is 33.2. The molecule has 0 aromatic heterocycles. The number of ether oxygens (including phenoxy) is 4. The summed E-state index contributed by atoms with van der Waals surface area (Å²) >= 11 is 0. The van der Waals surface area contributed by atoms with Gasteiger partial charge in [0.05, 0.1) is 12.2 Å². The molecule has 11 unspecified atom stereocenters. The number of carbonyl (C=O) groups excluding carboxylic acids is 4. The SMILES string of the molecule is C=CCC1C=C(C)CC(C)CC(OC)C2OC(O)(C(=O)C(=O)N3CCCCC3C(=O)OC(C(C)=CC3CC=CCC3)C(C)CCC1=O)C(C)CC2OC. The lowest BCUT2D eigenvalue weighted by molar-refractivity contribution is -0.302. The summed E-state index contributed by atoms with van der Waals surface area (Å²) in [5, 5.41) is 12.0. The summed E-state index contributed by atoms with van der Waals surface area (Å²) in [7, 11) is 3.11. The molecule has 2 saturated heterocycles. The van der Waals surface area contributed by atoms with E-state index < -0.39 is 59.8 Å². The van der Waals surface area contributed by atoms with Crippen LogP contribution in [0.1, 0.15) is 112 Å². The molecule has 1 aliphatic carbocycles. The summed E-state index contributed by atoms with van der Waals surface area (Å²) in [6, 6.07) is -1.00. The number of rotatable bonds is 6. The van der Waals surface area contributed by atoms with Gasteiger partial charge in [0.25, 0.3) is 11.7 Å². The number of aliphatic hydroxyl groups is 1. The summed E-state index contributed by atoms with van der Waals surface area (Å²) in [5.74, 6) is -5.87. The number of ketones is 2. The molecule has 0 aromatic rings. The number of cyclic esters (lactones) is 1. The normalized spacial score (nSPS) is 37.6. The highest BCUT2D eigenvalue weighted by Gasteiger charge is 2.56. The van der Waals surface area contributed by atoms with E-state index in [0.717, 1.165) is 30.4 Å². The van der Waals surface area contributed by atoms with Crippen LogP contribution in [0.5, 0.6) is 0 Å². The molecule has 11 atom stereocenters. The molecule has 53 heavy (non-hydrogen) atoms. The van der Waals surface area contributed by atoms with Crippen molar-refractivity contribution in [2.45, 2.75) is 148 Å². The number of fused-ring (bicyclic) bond motifs is 3. The first-order valence-electron chi connectivity index (χ1n) is 19.9. The van der Waals surface area contributed by atoms with Crippen molar-refractivity contribution in [2.24, 2.45) is 29.6 Å². The van der Waals surface area contributed by atoms with E-state index in [4.69, 9.17) is 18.9 Å². The van der Waals surface area contributed by atoms with Crippen molar-refractivity contribution >= 4 is 23.4 Å². The molecule has 10 nitrogen and oxygen atoms in total. The number of esters is 1. The predicted molar refractivity (Wildman–Crippen MR) is 204 cm³/mol. The Hall–Kier alpha value is -2.92. The van der Waals surface area contributed by atoms with Gasteiger partial charge < -0.3 is 29.0 Å². The minimum atomic E-state index is -2.44. The van der Waals surface area contributed by atoms with Gasteiger partial charge in [0.15, 0.2) is 0 Å². The lowest BCUT2D eigenvalue weighted by Crippen LogP contribution is -2.64. The number of nitrogens with zero attached hydrogens (tertiary/aromatic N) is 1. The number of allylic oxidation sites excluding steroid dienone is 6. The van der Waals surface area contributed by atoms with E-state index in [0.29, 0.717) is 57.3 Å². The summed E-state index contributed by atoms with van der Waals surface area (Å²) < 4.78 is 24.3. The number of methoxy groups -OCH3 is 2. The minimum absolute atomic E-state index is 0.0862. The van der Waals surface area contributed by atoms with Gasteiger partial charge in [-0.25, -0.2) is 4.79 Å². The third-order valence-corrected chi connectivity index (χ3v) is 12.0. The maximum Gasteiger partial charge on any atom is 0.329 e. The van der Waals surface area contributed by atoms with Gasteiger partial charge in [-0.05, 0) is 108 Å². The number of hydrogen-bond acceptors (Lipinski definition) is 9. The van der Waals surface area contributed by atoms with Crippen LogP contribution >= 0.6 is 0 Å². The van der Waals surface area contributed by atoms with E-state index in [1.54, 1.807) is 27.2 Å². The zero-order valence-electron chi connectivity index (χ0n) is 33.2. The molecule has 0 spiro atoms. The molecule has 0 saturated carbocycles. The third kappa shape index (κ3) is 10.6. The van der Waals surface area contributed by atoms with E-state index in [9.17, 15) is 24.3 Å². The summed E-state index contributed by atoms with van der Waals surface area (Å²) in [5.41, 5.74) is 1.98. The Bertz CT molecular complexity index is 1400. The lowest BCUT2D eigenvalue weighted by atomic mass is 9.82. The number of hydrogen-bond donors (Lipinski definition) is 1. The van der Waals surface area contributed by atoms with E-state index in [1.807, 2.05) is 26.8 Å². The van der Waals surface area contributed by atoms with Gasteiger partial charge in [0, 0.05) is 39.0 Å². The van der Waals surface area contributed by atoms with Crippen LogP contribution in [-0.4, -0.2) is 90.5 Å². The first kappa shape index (κ1) is 42.8. The largest absolute Gasteiger partial charge is 0.456 e. The second-order valence-electron chi connectivity index (χ2n) is 16.3. The van der Waals surface area contributed by atoms with Crippen molar-refractivity contribution in [2.75, 3.05) is 20.8 Å². The molecular weight excluding hydrogens is 674 g/mol. The highest BCUT2D eigenvalue weighted by molar-refractivity contribution is 6.39. The summed E-state index contributed by atoms with van der Waals surface area (Å²) in [6.45, 7) is 13.9. The van der Waals surface area contributed by atoms with Crippen LogP contribution in [0.25, 0.3) is 0 Å². The Kier molecular flexibility index (Phi) is 15.8. The molecule has 2 fully saturated rings. The van der Waals surface area contributed by atoms with E-state index in [1.165, 1.54) is 4.90 Å². The van der Waals surface area contributed by atoms with Crippen LogP contribution in [0.4, 0.5) is 0 Å². The van der Waals surface area contributed by atoms with Gasteiger partial charge in [0.1, 0.15) is 24.0 Å². The number of carbonyl (C=O) groups is 4. The fourth-order valence-corrected chi connectivity index (χ4v) is 8.85. The second-order valence-corrected chi connectivity index (χ2v) is 16.3. The highest BCUT2D eigenvalue weighted by atomic mass is 16.7. The predicted octanol–water partition coefficient (Wildman–Crippen LogP) is 6.85. The molecule has 1 amide bonds. The van der Waals surface area contributed by atoms with Gasteiger partial charge in [-0.1, -0.05) is 56.7 Å². The average molecular weight is 740 g/mol. The van der Waals surface area contributed by atoms with Gasteiger partial charge in [-0.15, -0.1) is 6.58 Å². The van der Waals surface area contributed by atoms with Gasteiger partial charge in [-0.3, -0.25) is 14.4 Å². The molecule has 4 rings (SSSR count). The van der Waals surface area contributed by atoms with Crippen LogP contribution in [0, 0.1) is 29.6 Å². The second kappa shape index (κ2) is 19.6. The van der Waals surface area contributed by atoms with E-state index in [-0.39, 0.29) is 36.5 Å². The molecule has 296 valence electrons. The fourth-order valence-electron chi connectivity index (χ4n) is 8.85. The van der Waals surface area contributed by atoms with Crippen molar-refractivity contribution in [3.63, 3.8) is 0 Å². The fraction of sp³-hybridized carbons (Fsp3) is 0.721. The molecule has 10 heteroatoms. The van der Waals surface area contributed by atoms with Crippen molar-refractivity contribution in [1.82, 2.24) is 4.90 Å². The molecule has 3 heterocycles. The first-order chi connectivity index (χ1) is 25.2. The summed E-state index contributed by atoms with van der Waals surface area (Å²) in [6.07, 6.45) is 15.1. The molecule has 0 radical (unpaired) electrons. The van der Waals surface area contributed by atoms with Crippen LogP contribution < -0.4 is 0 Å². The lowest BCUT2D eigenvalue weighted by Gasteiger charge is -2.47. The van der Waals surface area contributed by atoms with Crippen molar-refractivity contribution in [3.05, 3.63) is 48.1 Å². The third-order valence-electron chi connectivity index (χ3n) is 12.0. The van der Waals surface area contributed by atoms with Gasteiger partial charge in [0.2, 0.25) is 5.79 Å². The maximum atomic E-state index is 14.2. The van der Waals surface area contributed by atoms with Crippen molar-refractivity contribution in [1.29, 1.82) is 0 Å². The molecule has 1 N–H and O–H groups in total. The number of Topliss-reactive ketones (excluding diaryl/α,β-unsaturated/α-hetero) is 2. The van der Waals surface area contributed by atoms with Crippen LogP contribution in [0.15, 0.2) is 48.1 Å². The Morgan fingerprint density at radius 2 is 1.75 bits per heavy atom. The Labute approximate surface area is 317 Å². The number of piperidine rings is 1. The standard InChI is InChI=1S/C43H65NO9/c1-9-15-33-23-27(2)22-28(3)24-36(50-7)39-37(51-8)26-31(6)43(49,53-39)40(46)41(47)44-21-14-13-18-34(44)42(48)52-38(29(4)19-20-35(33)45)30(5)25-32-16-11-10-12-17-32/h9-11,23,25,28-29,31-34,36-39,49H,1,12-22,24,26H2,2-8H3. The van der Waals surface area contributed by atoms with E-state index in [2.05, 4.69) is 31.7 Å². The number of amides is 1. The van der Waals surface area contributed by atoms with Crippen molar-refractivity contribution < 1.29 is 43.2 Å². The zero-order chi connectivity index (χ0) is 38.9. The molecule has 4 aliphatic rings. The molecular formula is C43H65NO9. The van der Waals surface area contributed by atoms with Crippen LogP contribution in [0.2, 0.25) is 0 Å². The van der Waals surface area contributed by atoms with Crippen LogP contribution in [-0.2, 0) is 38.1 Å². The average Bonchev–Trinajstić information content (AvgIpc) is 3.14. The smallest absolute Gasteiger partial charge is 0.329 e. The van der Waals surface area contributed by atoms with Gasteiger partial charge in [-0.2, -0.15) is 0 Å². The van der Waals surface area contributed by atoms with Gasteiger partial charge >= 0.3 is 5.97 Å². The molecule has 0 aromatic carbocycles. The van der Waals surface area contributed by atoms with Crippen LogP contribution in [0.3, 0.4) is 0 Å². The first-order valence-corrected chi connectivity index (χ1v) is 19.9. The topological polar surface area (TPSA) is 129 Å². The maximum absolute atomic E-state index is 14.2. The summed E-state index contributed by atoms with van der Waals surface area (Å²) in [4.78, 5) is 57.5. The van der Waals surface area contributed by atoms with E-state index >= 15 is 0 Å². The Morgan fingerprint density at radius 3 is 2.42 bits per heavy atom. The van der Waals surface area contributed by atoms with Crippen molar-refractivity contribution in [3.8, 4) is 0 Å². The monoisotopic (exact) mass is 739 g/mol. The molecule has 2 bridgehead atoms. The quantitative estimate of drug-likeness (QED) is 0.177. The highest BCUT2D eigenvalue weighted by Crippen LogP contribution is 2.39.